The first-order valence-corrected chi connectivity index (χ1v) is 8.97. The molecule has 3 rings (SSSR count). The third-order valence-electron chi connectivity index (χ3n) is 4.66. The highest BCUT2D eigenvalue weighted by atomic mass is 16.2. The van der Waals surface area contributed by atoms with Crippen molar-refractivity contribution in [2.24, 2.45) is 0 Å². The molecule has 136 valence electrons. The van der Waals surface area contributed by atoms with E-state index < -0.39 is 0 Å². The van der Waals surface area contributed by atoms with Gasteiger partial charge in [-0.3, -0.25) is 14.5 Å². The molecule has 0 bridgehead atoms. The molecule has 26 heavy (non-hydrogen) atoms. The standard InChI is InChI=1S/C21H25N3O2/c1-16-8-3-4-9-17(16)14-23(2)15-20(25)22-18-10-5-6-11-19(18)24-13-7-12-21(24)26/h3-6,8-11H,7,12-15H2,1-2H3,(H,22,25). The number of likely N-dealkylation sites (N-methyl/N-ethyl adjacent to an activating group) is 1. The van der Waals surface area contributed by atoms with Crippen LogP contribution < -0.4 is 10.2 Å². The smallest absolute Gasteiger partial charge is 0.238 e. The van der Waals surface area contributed by atoms with E-state index in [-0.39, 0.29) is 18.4 Å². The van der Waals surface area contributed by atoms with E-state index in [1.807, 2.05) is 48.3 Å². The van der Waals surface area contributed by atoms with Gasteiger partial charge in [-0.15, -0.1) is 0 Å². The molecule has 0 radical (unpaired) electrons. The average Bonchev–Trinajstić information content (AvgIpc) is 3.03. The number of carbonyl (C=O) groups is 2. The van der Waals surface area contributed by atoms with Gasteiger partial charge in [-0.25, -0.2) is 0 Å². The number of amides is 2. The molecular formula is C21H25N3O2. The topological polar surface area (TPSA) is 52.7 Å². The van der Waals surface area contributed by atoms with E-state index in [1.54, 1.807) is 4.90 Å². The maximum absolute atomic E-state index is 12.5. The van der Waals surface area contributed by atoms with Crippen molar-refractivity contribution < 1.29 is 9.59 Å². The highest BCUT2D eigenvalue weighted by Crippen LogP contribution is 2.29. The molecule has 1 fully saturated rings. The lowest BCUT2D eigenvalue weighted by molar-refractivity contribution is -0.118. The zero-order valence-corrected chi connectivity index (χ0v) is 15.4. The maximum atomic E-state index is 12.5. The lowest BCUT2D eigenvalue weighted by atomic mass is 10.1. The number of carbonyl (C=O) groups excluding carboxylic acids is 2. The van der Waals surface area contributed by atoms with Crippen LogP contribution >= 0.6 is 0 Å². The Labute approximate surface area is 154 Å². The summed E-state index contributed by atoms with van der Waals surface area (Å²) in [5.41, 5.74) is 3.91. The van der Waals surface area contributed by atoms with Crippen molar-refractivity contribution in [1.29, 1.82) is 0 Å². The summed E-state index contributed by atoms with van der Waals surface area (Å²) in [5.74, 6) is 0.0311. The van der Waals surface area contributed by atoms with Crippen LogP contribution in [0.5, 0.6) is 0 Å². The van der Waals surface area contributed by atoms with Gasteiger partial charge in [0.1, 0.15) is 0 Å². The first-order valence-electron chi connectivity index (χ1n) is 8.97. The van der Waals surface area contributed by atoms with Crippen LogP contribution in [0, 0.1) is 6.92 Å². The quantitative estimate of drug-likeness (QED) is 0.870. The van der Waals surface area contributed by atoms with Gasteiger partial charge in [0.15, 0.2) is 0 Å². The van der Waals surface area contributed by atoms with Crippen LogP contribution in [-0.4, -0.2) is 36.9 Å². The normalized spacial score (nSPS) is 14.1. The monoisotopic (exact) mass is 351 g/mol. The SMILES string of the molecule is Cc1ccccc1CN(C)CC(=O)Nc1ccccc1N1CCCC1=O. The first kappa shape index (κ1) is 18.1. The molecule has 0 unspecified atom stereocenters. The number of rotatable bonds is 6. The van der Waals surface area contributed by atoms with Gasteiger partial charge in [0.2, 0.25) is 11.8 Å². The number of hydrogen-bond acceptors (Lipinski definition) is 3. The number of nitrogens with zero attached hydrogens (tertiary/aromatic N) is 2. The minimum atomic E-state index is -0.0832. The summed E-state index contributed by atoms with van der Waals surface area (Å²) in [4.78, 5) is 28.3. The molecular weight excluding hydrogens is 326 g/mol. The summed E-state index contributed by atoms with van der Waals surface area (Å²) in [5, 5.41) is 2.96. The molecule has 0 aromatic heterocycles. The molecule has 2 aromatic rings. The van der Waals surface area contributed by atoms with E-state index in [4.69, 9.17) is 0 Å². The van der Waals surface area contributed by atoms with Crippen molar-refractivity contribution in [1.82, 2.24) is 4.90 Å². The molecule has 0 saturated carbocycles. The lowest BCUT2D eigenvalue weighted by Gasteiger charge is -2.21. The van der Waals surface area contributed by atoms with Gasteiger partial charge in [-0.05, 0) is 43.7 Å². The van der Waals surface area contributed by atoms with Gasteiger partial charge < -0.3 is 10.2 Å². The van der Waals surface area contributed by atoms with E-state index in [1.165, 1.54) is 11.1 Å². The van der Waals surface area contributed by atoms with Crippen LogP contribution in [0.4, 0.5) is 11.4 Å². The van der Waals surface area contributed by atoms with Crippen molar-refractivity contribution >= 4 is 23.2 Å². The second kappa shape index (κ2) is 8.15. The number of benzene rings is 2. The van der Waals surface area contributed by atoms with Crippen molar-refractivity contribution in [2.75, 3.05) is 30.4 Å². The molecule has 0 atom stereocenters. The zero-order valence-electron chi connectivity index (χ0n) is 15.4. The number of anilines is 2. The van der Waals surface area contributed by atoms with E-state index in [0.29, 0.717) is 25.2 Å². The Balaban J connectivity index is 1.63. The fourth-order valence-electron chi connectivity index (χ4n) is 3.29. The molecule has 1 aliphatic heterocycles. The van der Waals surface area contributed by atoms with Crippen molar-refractivity contribution in [3.63, 3.8) is 0 Å². The second-order valence-corrected chi connectivity index (χ2v) is 6.81. The Morgan fingerprint density at radius 1 is 1.15 bits per heavy atom. The Hall–Kier alpha value is -2.66. The largest absolute Gasteiger partial charge is 0.323 e. The third-order valence-corrected chi connectivity index (χ3v) is 4.66. The van der Waals surface area contributed by atoms with Gasteiger partial charge in [-0.2, -0.15) is 0 Å². The Kier molecular flexibility index (Phi) is 5.68. The molecule has 5 heteroatoms. The number of nitrogens with one attached hydrogen (secondary N) is 1. The maximum Gasteiger partial charge on any atom is 0.238 e. The summed E-state index contributed by atoms with van der Waals surface area (Å²) >= 11 is 0. The molecule has 0 aliphatic carbocycles. The van der Waals surface area contributed by atoms with E-state index in [9.17, 15) is 9.59 Å². The van der Waals surface area contributed by atoms with Gasteiger partial charge in [0.05, 0.1) is 17.9 Å². The Morgan fingerprint density at radius 2 is 1.88 bits per heavy atom. The van der Waals surface area contributed by atoms with Crippen LogP contribution in [0.25, 0.3) is 0 Å². The first-order chi connectivity index (χ1) is 12.5. The summed E-state index contributed by atoms with van der Waals surface area (Å²) in [6.07, 6.45) is 1.43. The molecule has 1 N–H and O–H groups in total. The molecule has 0 spiro atoms. The zero-order chi connectivity index (χ0) is 18.5. The van der Waals surface area contributed by atoms with Gasteiger partial charge in [0.25, 0.3) is 0 Å². The van der Waals surface area contributed by atoms with Crippen LogP contribution in [0.2, 0.25) is 0 Å². The fourth-order valence-corrected chi connectivity index (χ4v) is 3.29. The number of hydrogen-bond donors (Lipinski definition) is 1. The molecule has 5 nitrogen and oxygen atoms in total. The third kappa shape index (κ3) is 4.29. The van der Waals surface area contributed by atoms with Gasteiger partial charge in [-0.1, -0.05) is 36.4 Å². The lowest BCUT2D eigenvalue weighted by Crippen LogP contribution is -2.31. The minimum Gasteiger partial charge on any atom is -0.323 e. The summed E-state index contributed by atoms with van der Waals surface area (Å²) in [7, 11) is 1.93. The van der Waals surface area contributed by atoms with Crippen molar-refractivity contribution in [2.45, 2.75) is 26.3 Å². The summed E-state index contributed by atoms with van der Waals surface area (Å²) in [6.45, 7) is 3.79. The molecule has 1 heterocycles. The molecule has 1 aliphatic rings. The fraction of sp³-hybridized carbons (Fsp3) is 0.333. The predicted octanol–water partition coefficient (Wildman–Crippen LogP) is 3.19. The average molecular weight is 351 g/mol. The van der Waals surface area contributed by atoms with Crippen LogP contribution in [0.3, 0.4) is 0 Å². The minimum absolute atomic E-state index is 0.0832. The highest BCUT2D eigenvalue weighted by molar-refractivity contribution is 6.02. The Bertz CT molecular complexity index is 803. The Morgan fingerprint density at radius 3 is 2.62 bits per heavy atom. The van der Waals surface area contributed by atoms with Crippen LogP contribution in [0.1, 0.15) is 24.0 Å². The predicted molar refractivity (Wildman–Crippen MR) is 104 cm³/mol. The van der Waals surface area contributed by atoms with E-state index in [2.05, 4.69) is 24.4 Å². The molecule has 2 aromatic carbocycles. The van der Waals surface area contributed by atoms with E-state index in [0.717, 1.165) is 12.1 Å². The van der Waals surface area contributed by atoms with Gasteiger partial charge in [0, 0.05) is 19.5 Å². The summed E-state index contributed by atoms with van der Waals surface area (Å²) in [6, 6.07) is 15.7. The molecule has 1 saturated heterocycles. The van der Waals surface area contributed by atoms with Crippen LogP contribution in [-0.2, 0) is 16.1 Å². The highest BCUT2D eigenvalue weighted by Gasteiger charge is 2.24. The number of para-hydroxylation sites is 2. The molecule has 2 amide bonds. The second-order valence-electron chi connectivity index (χ2n) is 6.81. The number of aryl methyl sites for hydroxylation is 1. The summed E-state index contributed by atoms with van der Waals surface area (Å²) < 4.78 is 0. The van der Waals surface area contributed by atoms with E-state index >= 15 is 0 Å². The van der Waals surface area contributed by atoms with Crippen molar-refractivity contribution in [3.05, 3.63) is 59.7 Å². The van der Waals surface area contributed by atoms with Gasteiger partial charge >= 0.3 is 0 Å². The van der Waals surface area contributed by atoms with Crippen LogP contribution in [0.15, 0.2) is 48.5 Å². The van der Waals surface area contributed by atoms with Crippen molar-refractivity contribution in [3.8, 4) is 0 Å².